The molecule has 6 N–H and O–H groups in total. The fourth-order valence-corrected chi connectivity index (χ4v) is 9.59. The summed E-state index contributed by atoms with van der Waals surface area (Å²) in [7, 11) is 1.08. The van der Waals surface area contributed by atoms with Crippen molar-refractivity contribution in [3.8, 4) is 11.1 Å². The third-order valence-corrected chi connectivity index (χ3v) is 12.3. The van der Waals surface area contributed by atoms with Crippen molar-refractivity contribution in [2.75, 3.05) is 32.5 Å². The van der Waals surface area contributed by atoms with Crippen LogP contribution < -0.4 is 21.7 Å². The summed E-state index contributed by atoms with van der Waals surface area (Å²) in [4.78, 5) is 87.7. The Kier molecular flexibility index (Phi) is 15.9. The molecule has 2 unspecified atom stereocenters. The Hall–Kier alpha value is -6.97. The third-order valence-electron chi connectivity index (χ3n) is 11.9. The predicted octanol–water partition coefficient (Wildman–Crippen LogP) is 6.03. The normalized spacial score (nSPS) is 13.9. The number of rotatable bonds is 19. The minimum Gasteiger partial charge on any atom is -0.479 e. The molecule has 0 aliphatic heterocycles. The molecule has 0 spiro atoms. The summed E-state index contributed by atoms with van der Waals surface area (Å²) in [5.41, 5.74) is 3.92. The Morgan fingerprint density at radius 3 is 1.63 bits per heavy atom. The number of ether oxygens (including phenoxy) is 2. The first-order valence-corrected chi connectivity index (χ1v) is 22.6. The summed E-state index contributed by atoms with van der Waals surface area (Å²) in [5, 5.41) is 20.4. The number of hydrogen-bond donors (Lipinski definition) is 6. The molecule has 67 heavy (non-hydrogen) atoms. The molecule has 5 aromatic rings. The van der Waals surface area contributed by atoms with Gasteiger partial charge in [-0.3, -0.25) is 19.3 Å². The monoisotopic (exact) mass is 927 g/mol. The number of alkyl carbamates (subject to hydrolysis) is 1. The number of carboxylic acid groups (broad SMARTS) is 1. The van der Waals surface area contributed by atoms with Gasteiger partial charge in [0.2, 0.25) is 23.3 Å². The number of nitrogens with zero attached hydrogens (tertiary/aromatic N) is 1. The maximum atomic E-state index is 16.5. The molecule has 6 rings (SSSR count). The Bertz CT molecular complexity index is 2410. The number of esters is 1. The van der Waals surface area contributed by atoms with Crippen molar-refractivity contribution in [1.29, 1.82) is 0 Å². The van der Waals surface area contributed by atoms with Crippen molar-refractivity contribution >= 4 is 48.4 Å². The molecule has 15 heteroatoms. The molecule has 0 aromatic heterocycles. The van der Waals surface area contributed by atoms with Crippen LogP contribution in [0.1, 0.15) is 67.3 Å². The van der Waals surface area contributed by atoms with E-state index in [1.807, 2.05) is 48.5 Å². The molecule has 0 fully saturated rings. The van der Waals surface area contributed by atoms with Gasteiger partial charge in [-0.25, -0.2) is 14.4 Å². The average molecular weight is 928 g/mol. The van der Waals surface area contributed by atoms with Gasteiger partial charge in [0.05, 0.1) is 20.2 Å². The number of benzene rings is 5. The van der Waals surface area contributed by atoms with E-state index in [1.165, 1.54) is 0 Å². The van der Waals surface area contributed by atoms with E-state index in [2.05, 4.69) is 28.6 Å². The summed E-state index contributed by atoms with van der Waals surface area (Å²) in [6, 6.07) is 39.8. The highest BCUT2D eigenvalue weighted by molar-refractivity contribution is 7.80. The lowest BCUT2D eigenvalue weighted by Gasteiger charge is -2.55. The zero-order chi connectivity index (χ0) is 48.4. The molecule has 0 bridgehead atoms. The molecule has 4 amide bonds. The smallest absolute Gasteiger partial charge is 0.407 e. The minimum absolute atomic E-state index is 0.00269. The van der Waals surface area contributed by atoms with Crippen LogP contribution in [0.25, 0.3) is 11.1 Å². The van der Waals surface area contributed by atoms with Gasteiger partial charge in [0.1, 0.15) is 17.2 Å². The highest BCUT2D eigenvalue weighted by atomic mass is 32.1. The van der Waals surface area contributed by atoms with E-state index in [9.17, 15) is 19.5 Å². The van der Waals surface area contributed by atoms with Gasteiger partial charge >= 0.3 is 18.0 Å². The van der Waals surface area contributed by atoms with Crippen LogP contribution >= 0.6 is 12.6 Å². The summed E-state index contributed by atoms with van der Waals surface area (Å²) in [6.45, 7) is 4.23. The van der Waals surface area contributed by atoms with E-state index in [1.54, 1.807) is 112 Å². The second-order valence-corrected chi connectivity index (χ2v) is 17.5. The Morgan fingerprint density at radius 2 is 1.19 bits per heavy atom. The fraction of sp³-hybridized carbons (Fsp3) is 0.308. The highest BCUT2D eigenvalue weighted by Gasteiger charge is 2.68. The third kappa shape index (κ3) is 10.1. The van der Waals surface area contributed by atoms with E-state index >= 15 is 14.4 Å². The SMILES string of the molecule is COC(=O)[C@@](C(=O)O)(C(CCCNC(=O)OC(C)(C)C)C1c2ccccc2-c2ccccc21)N(C(=O)C(CS)NC(=O)CNC(=O)CN)C(c1ccccc1)(c1ccccc1)c1ccccc1. The number of methoxy groups -OCH3 is 1. The molecule has 14 nitrogen and oxygen atoms in total. The second kappa shape index (κ2) is 21.6. The molecule has 1 aliphatic carbocycles. The lowest BCUT2D eigenvalue weighted by atomic mass is 9.64. The van der Waals surface area contributed by atoms with Crippen molar-refractivity contribution in [1.82, 2.24) is 20.9 Å². The predicted molar refractivity (Wildman–Crippen MR) is 257 cm³/mol. The molecule has 5 aromatic carbocycles. The van der Waals surface area contributed by atoms with Gasteiger partial charge in [-0.05, 0) is 72.6 Å². The van der Waals surface area contributed by atoms with E-state index in [4.69, 9.17) is 15.2 Å². The topological polar surface area (TPSA) is 206 Å². The van der Waals surface area contributed by atoms with Crippen LogP contribution in [-0.2, 0) is 39.0 Å². The number of fused-ring (bicyclic) bond motifs is 3. The van der Waals surface area contributed by atoms with E-state index in [-0.39, 0.29) is 25.1 Å². The highest BCUT2D eigenvalue weighted by Crippen LogP contribution is 2.57. The van der Waals surface area contributed by atoms with Gasteiger partial charge in [0, 0.05) is 24.1 Å². The van der Waals surface area contributed by atoms with Crippen molar-refractivity contribution in [3.05, 3.63) is 167 Å². The van der Waals surface area contributed by atoms with Gasteiger partial charge in [0.25, 0.3) is 0 Å². The number of hydrogen-bond acceptors (Lipinski definition) is 10. The number of aliphatic carboxylic acids is 1. The van der Waals surface area contributed by atoms with Gasteiger partial charge in [-0.2, -0.15) is 12.6 Å². The zero-order valence-corrected chi connectivity index (χ0v) is 38.8. The molecule has 3 atom stereocenters. The molecule has 0 radical (unpaired) electrons. The van der Waals surface area contributed by atoms with Crippen molar-refractivity contribution in [2.24, 2.45) is 11.7 Å². The van der Waals surface area contributed by atoms with Crippen LogP contribution in [0.5, 0.6) is 0 Å². The molecule has 0 saturated carbocycles. The van der Waals surface area contributed by atoms with Crippen molar-refractivity contribution in [3.63, 3.8) is 0 Å². The largest absolute Gasteiger partial charge is 0.479 e. The molecule has 0 heterocycles. The first-order valence-electron chi connectivity index (χ1n) is 22.0. The van der Waals surface area contributed by atoms with Crippen LogP contribution in [0, 0.1) is 5.92 Å². The molecule has 1 aliphatic rings. The van der Waals surface area contributed by atoms with Crippen LogP contribution in [0.4, 0.5) is 4.79 Å². The van der Waals surface area contributed by atoms with Crippen LogP contribution in [0.3, 0.4) is 0 Å². The Labute approximate surface area is 396 Å². The summed E-state index contributed by atoms with van der Waals surface area (Å²) >= 11 is 4.58. The summed E-state index contributed by atoms with van der Waals surface area (Å²) in [5.74, 6) is -8.05. The first kappa shape index (κ1) is 49.5. The quantitative estimate of drug-likeness (QED) is 0.0187. The number of nitrogens with two attached hydrogens (primary N) is 1. The zero-order valence-electron chi connectivity index (χ0n) is 37.9. The van der Waals surface area contributed by atoms with Gasteiger partial charge in [-0.1, -0.05) is 140 Å². The lowest BCUT2D eigenvalue weighted by molar-refractivity contribution is -0.187. The summed E-state index contributed by atoms with van der Waals surface area (Å²) in [6.07, 6.45) is -0.686. The number of nitrogens with one attached hydrogen (secondary N) is 3. The number of thiol groups is 1. The van der Waals surface area contributed by atoms with Crippen LogP contribution in [0.2, 0.25) is 0 Å². The van der Waals surface area contributed by atoms with E-state index in [0.717, 1.165) is 23.1 Å². The van der Waals surface area contributed by atoms with Gasteiger partial charge in [0.15, 0.2) is 0 Å². The van der Waals surface area contributed by atoms with Crippen molar-refractivity contribution in [2.45, 2.75) is 62.3 Å². The average Bonchev–Trinajstić information content (AvgIpc) is 3.66. The molecular formula is C52H57N5O9S. The maximum absolute atomic E-state index is 16.5. The lowest BCUT2D eigenvalue weighted by Crippen LogP contribution is -2.75. The number of amides is 4. The van der Waals surface area contributed by atoms with Crippen molar-refractivity contribution < 1.29 is 43.3 Å². The number of carboxylic acids is 1. The van der Waals surface area contributed by atoms with Gasteiger partial charge < -0.3 is 36.3 Å². The fourth-order valence-electron chi connectivity index (χ4n) is 9.34. The Morgan fingerprint density at radius 1 is 0.716 bits per heavy atom. The number of carbonyl (C=O) groups excluding carboxylic acids is 5. The second-order valence-electron chi connectivity index (χ2n) is 17.2. The van der Waals surface area contributed by atoms with Crippen LogP contribution in [0.15, 0.2) is 140 Å². The Balaban J connectivity index is 1.75. The van der Waals surface area contributed by atoms with E-state index in [0.29, 0.717) is 27.8 Å². The number of carbonyl (C=O) groups is 6. The molecular weight excluding hydrogens is 871 g/mol. The molecule has 0 saturated heterocycles. The first-order chi connectivity index (χ1) is 32.2. The standard InChI is InChI=1S/C52H57N5O9S/c1-50(2,3)66-49(64)54-30-18-29-41(45-39-27-16-14-25-37(39)38-26-15-17-28-40(38)45)52(47(61)62,48(63)65-4)57(46(60)42(33-67)56-44(59)32-55-43(58)31-53)51(34-19-8-5-9-20-34,35-21-10-6-11-22-35)36-23-12-7-13-24-36/h5-17,19-28,41-42,45,67H,18,29-33,53H2,1-4H3,(H,54,64)(H,55,58)(H,56,59)(H,61,62)/t41?,42?,52-/m0/s1. The van der Waals surface area contributed by atoms with E-state index < -0.39 is 83.4 Å². The van der Waals surface area contributed by atoms with Gasteiger partial charge in [-0.15, -0.1) is 0 Å². The molecule has 350 valence electrons. The summed E-state index contributed by atoms with van der Waals surface area (Å²) < 4.78 is 11.3. The minimum atomic E-state index is -2.98. The van der Waals surface area contributed by atoms with Crippen LogP contribution in [-0.4, -0.2) is 95.4 Å². The maximum Gasteiger partial charge on any atom is 0.407 e.